The Kier molecular flexibility index (Phi) is 7.03. The second kappa shape index (κ2) is 9.09. The highest BCUT2D eigenvalue weighted by Gasteiger charge is 2.31. The topological polar surface area (TPSA) is 69.7 Å². The Bertz CT molecular complexity index is 774. The molecule has 1 N–H and O–H groups in total. The molecule has 2 fully saturated rings. The van der Waals surface area contributed by atoms with Gasteiger partial charge in [0.05, 0.1) is 16.6 Å². The molecule has 0 spiro atoms. The Hall–Kier alpha value is -0.860. The van der Waals surface area contributed by atoms with E-state index >= 15 is 0 Å². The van der Waals surface area contributed by atoms with Crippen LogP contribution < -0.4 is 5.32 Å². The van der Waals surface area contributed by atoms with Gasteiger partial charge in [0.2, 0.25) is 15.9 Å². The molecule has 0 bridgehead atoms. The molecule has 1 aliphatic heterocycles. The van der Waals surface area contributed by atoms with Crippen molar-refractivity contribution < 1.29 is 13.2 Å². The van der Waals surface area contributed by atoms with Gasteiger partial charge in [-0.2, -0.15) is 4.31 Å². The number of sulfonamides is 1. The highest BCUT2D eigenvalue weighted by atomic mass is 35.5. The van der Waals surface area contributed by atoms with E-state index in [0.717, 1.165) is 12.8 Å². The highest BCUT2D eigenvalue weighted by molar-refractivity contribution is 7.89. The van der Waals surface area contributed by atoms with E-state index < -0.39 is 10.0 Å². The number of nitrogens with one attached hydrogen (secondary N) is 1. The summed E-state index contributed by atoms with van der Waals surface area (Å²) in [5.74, 6) is 0.0242. The van der Waals surface area contributed by atoms with Crippen molar-refractivity contribution in [3.05, 3.63) is 28.2 Å². The summed E-state index contributed by atoms with van der Waals surface area (Å²) in [6.07, 6.45) is 5.71. The number of halogens is 2. The third-order valence-electron chi connectivity index (χ3n) is 5.20. The largest absolute Gasteiger partial charge is 0.352 e. The summed E-state index contributed by atoms with van der Waals surface area (Å²) < 4.78 is 27.1. The van der Waals surface area contributed by atoms with Crippen LogP contribution in [0.2, 0.25) is 10.0 Å². The van der Waals surface area contributed by atoms with Crippen LogP contribution in [-0.4, -0.2) is 62.3 Å². The molecule has 0 atom stereocenters. The standard InChI is InChI=1S/C18H25Cl2N3O3S/c19-15-7-4-8-16(18(15)20)27(25,26)23-11-9-22(10-12-23)13-17(24)21-14-5-2-1-3-6-14/h4,7-8,14H,1-3,5-6,9-13H2,(H,21,24). The lowest BCUT2D eigenvalue weighted by Gasteiger charge is -2.34. The summed E-state index contributed by atoms with van der Waals surface area (Å²) in [4.78, 5) is 14.3. The molecule has 1 aromatic carbocycles. The van der Waals surface area contributed by atoms with Crippen molar-refractivity contribution in [2.24, 2.45) is 0 Å². The molecule has 1 aromatic rings. The van der Waals surface area contributed by atoms with Crippen LogP contribution in [-0.2, 0) is 14.8 Å². The predicted octanol–water partition coefficient (Wildman–Crippen LogP) is 2.75. The van der Waals surface area contributed by atoms with E-state index in [9.17, 15) is 13.2 Å². The van der Waals surface area contributed by atoms with E-state index in [1.54, 1.807) is 12.1 Å². The first-order chi connectivity index (χ1) is 12.9. The van der Waals surface area contributed by atoms with Gasteiger partial charge in [-0.1, -0.05) is 48.5 Å². The fourth-order valence-electron chi connectivity index (χ4n) is 3.67. The van der Waals surface area contributed by atoms with Crippen molar-refractivity contribution in [1.82, 2.24) is 14.5 Å². The van der Waals surface area contributed by atoms with Crippen molar-refractivity contribution >= 4 is 39.1 Å². The molecule has 1 saturated heterocycles. The molecule has 2 aliphatic rings. The minimum atomic E-state index is -3.70. The molecular formula is C18H25Cl2N3O3S. The number of benzene rings is 1. The van der Waals surface area contributed by atoms with Gasteiger partial charge in [0.15, 0.2) is 0 Å². The Morgan fingerprint density at radius 3 is 2.41 bits per heavy atom. The van der Waals surface area contributed by atoms with Gasteiger partial charge >= 0.3 is 0 Å². The zero-order chi connectivity index (χ0) is 19.4. The molecular weight excluding hydrogens is 409 g/mol. The summed E-state index contributed by atoms with van der Waals surface area (Å²) in [5.41, 5.74) is 0. The molecule has 150 valence electrons. The maximum Gasteiger partial charge on any atom is 0.244 e. The second-order valence-electron chi connectivity index (χ2n) is 7.13. The Balaban J connectivity index is 1.53. The van der Waals surface area contributed by atoms with E-state index in [1.807, 2.05) is 4.90 Å². The lowest BCUT2D eigenvalue weighted by Crippen LogP contribution is -2.51. The number of rotatable bonds is 5. The average molecular weight is 434 g/mol. The number of carbonyl (C=O) groups is 1. The Labute approximate surface area is 170 Å². The number of nitrogens with zero attached hydrogens (tertiary/aromatic N) is 2. The van der Waals surface area contributed by atoms with E-state index in [1.165, 1.54) is 29.6 Å². The van der Waals surface area contributed by atoms with Crippen molar-refractivity contribution in [3.8, 4) is 0 Å². The molecule has 1 amide bonds. The van der Waals surface area contributed by atoms with E-state index in [0.29, 0.717) is 32.7 Å². The number of amides is 1. The summed E-state index contributed by atoms with van der Waals surface area (Å²) in [6, 6.07) is 4.89. The number of hydrogen-bond acceptors (Lipinski definition) is 4. The first-order valence-electron chi connectivity index (χ1n) is 9.34. The van der Waals surface area contributed by atoms with Crippen LogP contribution >= 0.6 is 23.2 Å². The van der Waals surface area contributed by atoms with E-state index in [4.69, 9.17) is 23.2 Å². The third-order valence-corrected chi connectivity index (χ3v) is 8.07. The molecule has 1 aliphatic carbocycles. The highest BCUT2D eigenvalue weighted by Crippen LogP contribution is 2.31. The predicted molar refractivity (Wildman–Crippen MR) is 107 cm³/mol. The summed E-state index contributed by atoms with van der Waals surface area (Å²) in [7, 11) is -3.70. The van der Waals surface area contributed by atoms with Crippen LogP contribution in [0.3, 0.4) is 0 Å². The Morgan fingerprint density at radius 1 is 1.07 bits per heavy atom. The second-order valence-corrected chi connectivity index (χ2v) is 9.83. The molecule has 9 heteroatoms. The Morgan fingerprint density at radius 2 is 1.74 bits per heavy atom. The minimum Gasteiger partial charge on any atom is -0.352 e. The van der Waals surface area contributed by atoms with Crippen LogP contribution in [0.25, 0.3) is 0 Å². The summed E-state index contributed by atoms with van der Waals surface area (Å²) >= 11 is 12.0. The zero-order valence-electron chi connectivity index (χ0n) is 15.2. The van der Waals surface area contributed by atoms with Gasteiger partial charge in [-0.15, -0.1) is 0 Å². The minimum absolute atomic E-state index is 0.0242. The smallest absolute Gasteiger partial charge is 0.244 e. The van der Waals surface area contributed by atoms with Crippen molar-refractivity contribution in [2.45, 2.75) is 43.0 Å². The van der Waals surface area contributed by atoms with Crippen LogP contribution in [0.5, 0.6) is 0 Å². The summed E-state index contributed by atoms with van der Waals surface area (Å²) in [5, 5.41) is 3.37. The van der Waals surface area contributed by atoms with Gasteiger partial charge in [0, 0.05) is 32.2 Å². The molecule has 3 rings (SSSR count). The van der Waals surface area contributed by atoms with Gasteiger partial charge in [0.1, 0.15) is 4.90 Å². The lowest BCUT2D eigenvalue weighted by molar-refractivity contribution is -0.123. The van der Waals surface area contributed by atoms with Gasteiger partial charge < -0.3 is 5.32 Å². The van der Waals surface area contributed by atoms with Crippen LogP contribution in [0.1, 0.15) is 32.1 Å². The first-order valence-corrected chi connectivity index (χ1v) is 11.5. The van der Waals surface area contributed by atoms with E-state index in [-0.39, 0.29) is 26.9 Å². The number of hydrogen-bond donors (Lipinski definition) is 1. The molecule has 0 radical (unpaired) electrons. The third kappa shape index (κ3) is 5.15. The number of carbonyl (C=O) groups excluding carboxylic acids is 1. The van der Waals surface area contributed by atoms with Gasteiger partial charge in [-0.3, -0.25) is 9.69 Å². The SMILES string of the molecule is O=C(CN1CCN(S(=O)(=O)c2cccc(Cl)c2Cl)CC1)NC1CCCCC1. The van der Waals surface area contributed by atoms with Gasteiger partial charge in [-0.25, -0.2) is 8.42 Å². The molecule has 6 nitrogen and oxygen atoms in total. The molecule has 0 unspecified atom stereocenters. The van der Waals surface area contributed by atoms with Crippen molar-refractivity contribution in [1.29, 1.82) is 0 Å². The molecule has 1 heterocycles. The monoisotopic (exact) mass is 433 g/mol. The van der Waals surface area contributed by atoms with Crippen LogP contribution in [0.15, 0.2) is 23.1 Å². The fourth-order valence-corrected chi connectivity index (χ4v) is 5.83. The fraction of sp³-hybridized carbons (Fsp3) is 0.611. The molecule has 1 saturated carbocycles. The molecule has 0 aromatic heterocycles. The summed E-state index contributed by atoms with van der Waals surface area (Å²) in [6.45, 7) is 1.97. The quantitative estimate of drug-likeness (QED) is 0.774. The lowest BCUT2D eigenvalue weighted by atomic mass is 9.95. The van der Waals surface area contributed by atoms with E-state index in [2.05, 4.69) is 5.32 Å². The number of piperazine rings is 1. The maximum atomic E-state index is 12.8. The van der Waals surface area contributed by atoms with Crippen molar-refractivity contribution in [2.75, 3.05) is 32.7 Å². The van der Waals surface area contributed by atoms with Crippen LogP contribution in [0.4, 0.5) is 0 Å². The molecule has 27 heavy (non-hydrogen) atoms. The maximum absolute atomic E-state index is 12.8. The first kappa shape index (κ1) is 20.9. The normalized spacial score (nSPS) is 20.5. The zero-order valence-corrected chi connectivity index (χ0v) is 17.5. The average Bonchev–Trinajstić information content (AvgIpc) is 2.65. The van der Waals surface area contributed by atoms with Gasteiger partial charge in [-0.05, 0) is 25.0 Å². The van der Waals surface area contributed by atoms with Crippen LogP contribution in [0, 0.1) is 0 Å². The van der Waals surface area contributed by atoms with Gasteiger partial charge in [0.25, 0.3) is 0 Å². The van der Waals surface area contributed by atoms with Crippen molar-refractivity contribution in [3.63, 3.8) is 0 Å².